The molecule has 0 aromatic heterocycles. The number of sulfonamides is 1. The van der Waals surface area contributed by atoms with Crippen LogP contribution in [-0.2, 0) is 16.6 Å². The first-order valence-corrected chi connectivity index (χ1v) is 7.66. The fourth-order valence-corrected chi connectivity index (χ4v) is 3.01. The van der Waals surface area contributed by atoms with Crippen LogP contribution in [-0.4, -0.2) is 38.7 Å². The molecule has 0 saturated carbocycles. The first kappa shape index (κ1) is 12.5. The minimum Gasteiger partial charge on any atom is -0.297 e. The summed E-state index contributed by atoms with van der Waals surface area (Å²) in [5.41, 5.74) is 1.27. The number of nitrogens with one attached hydrogen (secondary N) is 1. The summed E-state index contributed by atoms with van der Waals surface area (Å²) in [6, 6.07) is 10.3. The summed E-state index contributed by atoms with van der Waals surface area (Å²) in [7, 11) is -3.08. The van der Waals surface area contributed by atoms with E-state index in [4.69, 9.17) is 0 Å². The molecule has 0 radical (unpaired) electrons. The van der Waals surface area contributed by atoms with E-state index in [2.05, 4.69) is 21.8 Å². The van der Waals surface area contributed by atoms with E-state index in [-0.39, 0.29) is 6.04 Å². The van der Waals surface area contributed by atoms with Crippen LogP contribution in [0.2, 0.25) is 0 Å². The second kappa shape index (κ2) is 5.16. The second-order valence-electron chi connectivity index (χ2n) is 4.60. The van der Waals surface area contributed by atoms with Crippen LogP contribution >= 0.6 is 0 Å². The third kappa shape index (κ3) is 4.11. The maximum Gasteiger partial charge on any atom is 0.208 e. The maximum atomic E-state index is 11.1. The maximum absolute atomic E-state index is 11.1. The van der Waals surface area contributed by atoms with Crippen molar-refractivity contribution < 1.29 is 8.42 Å². The van der Waals surface area contributed by atoms with Crippen LogP contribution < -0.4 is 4.72 Å². The number of hydrogen-bond donors (Lipinski definition) is 1. The second-order valence-corrected chi connectivity index (χ2v) is 6.38. The van der Waals surface area contributed by atoms with Crippen LogP contribution in [0, 0.1) is 0 Å². The van der Waals surface area contributed by atoms with Crippen molar-refractivity contribution in [3.05, 3.63) is 35.9 Å². The molecule has 1 aliphatic rings. The topological polar surface area (TPSA) is 49.4 Å². The molecule has 1 fully saturated rings. The third-order valence-electron chi connectivity index (χ3n) is 2.90. The summed E-state index contributed by atoms with van der Waals surface area (Å²) in [5.74, 6) is 0. The van der Waals surface area contributed by atoms with Crippen LogP contribution in [0.1, 0.15) is 12.0 Å². The zero-order valence-electron chi connectivity index (χ0n) is 9.96. The lowest BCUT2D eigenvalue weighted by atomic mass is 10.2. The Hall–Kier alpha value is -0.910. The number of hydrogen-bond acceptors (Lipinski definition) is 3. The summed E-state index contributed by atoms with van der Waals surface area (Å²) >= 11 is 0. The molecular weight excluding hydrogens is 236 g/mol. The number of benzene rings is 1. The van der Waals surface area contributed by atoms with Crippen LogP contribution in [0.4, 0.5) is 0 Å². The molecule has 17 heavy (non-hydrogen) atoms. The quantitative estimate of drug-likeness (QED) is 0.865. The Bertz CT molecular complexity index is 459. The van der Waals surface area contributed by atoms with Gasteiger partial charge in [-0.05, 0) is 12.0 Å². The van der Waals surface area contributed by atoms with Gasteiger partial charge >= 0.3 is 0 Å². The Kier molecular flexibility index (Phi) is 3.81. The fourth-order valence-electron chi connectivity index (χ4n) is 2.22. The van der Waals surface area contributed by atoms with E-state index in [0.717, 1.165) is 26.1 Å². The monoisotopic (exact) mass is 254 g/mol. The van der Waals surface area contributed by atoms with E-state index in [1.807, 2.05) is 18.2 Å². The largest absolute Gasteiger partial charge is 0.297 e. The molecule has 1 atom stereocenters. The fraction of sp³-hybridized carbons (Fsp3) is 0.500. The van der Waals surface area contributed by atoms with Crippen LogP contribution in [0.25, 0.3) is 0 Å². The van der Waals surface area contributed by atoms with Crippen molar-refractivity contribution in [3.63, 3.8) is 0 Å². The van der Waals surface area contributed by atoms with Crippen LogP contribution in [0.5, 0.6) is 0 Å². The van der Waals surface area contributed by atoms with Gasteiger partial charge in [0.1, 0.15) is 0 Å². The van der Waals surface area contributed by atoms with Gasteiger partial charge in [0.25, 0.3) is 0 Å². The van der Waals surface area contributed by atoms with Crippen molar-refractivity contribution in [3.8, 4) is 0 Å². The molecule has 4 nitrogen and oxygen atoms in total. The molecular formula is C12H18N2O2S. The average molecular weight is 254 g/mol. The molecule has 1 aromatic carbocycles. The zero-order chi connectivity index (χ0) is 12.3. The van der Waals surface area contributed by atoms with Gasteiger partial charge in [0.15, 0.2) is 0 Å². The Balaban J connectivity index is 1.86. The van der Waals surface area contributed by atoms with Gasteiger partial charge in [0.2, 0.25) is 10.0 Å². The molecule has 1 N–H and O–H groups in total. The van der Waals surface area contributed by atoms with Gasteiger partial charge in [-0.15, -0.1) is 0 Å². The van der Waals surface area contributed by atoms with Crippen molar-refractivity contribution in [1.82, 2.24) is 9.62 Å². The van der Waals surface area contributed by atoms with Gasteiger partial charge in [-0.25, -0.2) is 13.1 Å². The Morgan fingerprint density at radius 2 is 2.06 bits per heavy atom. The Labute approximate surface area is 103 Å². The predicted octanol–water partition coefficient (Wildman–Crippen LogP) is 0.810. The minimum absolute atomic E-state index is 0.0636. The molecule has 2 rings (SSSR count). The summed E-state index contributed by atoms with van der Waals surface area (Å²) in [6.45, 7) is 2.63. The molecule has 0 spiro atoms. The van der Waals surface area contributed by atoms with Gasteiger partial charge < -0.3 is 0 Å². The Morgan fingerprint density at radius 1 is 1.35 bits per heavy atom. The summed E-state index contributed by atoms with van der Waals surface area (Å²) in [5, 5.41) is 0. The van der Waals surface area contributed by atoms with Gasteiger partial charge in [-0.3, -0.25) is 4.90 Å². The van der Waals surface area contributed by atoms with Crippen molar-refractivity contribution >= 4 is 10.0 Å². The molecule has 1 heterocycles. The lowest BCUT2D eigenvalue weighted by molar-refractivity contribution is 0.324. The van der Waals surface area contributed by atoms with Gasteiger partial charge in [0, 0.05) is 25.7 Å². The van der Waals surface area contributed by atoms with Crippen molar-refractivity contribution in [2.75, 3.05) is 19.3 Å². The predicted molar refractivity (Wildman–Crippen MR) is 68.1 cm³/mol. The summed E-state index contributed by atoms with van der Waals surface area (Å²) in [4.78, 5) is 2.28. The SMILES string of the molecule is CS(=O)(=O)N[C@@H]1CCN(Cc2ccccc2)C1. The number of rotatable bonds is 4. The minimum atomic E-state index is -3.08. The van der Waals surface area contributed by atoms with Crippen LogP contribution in [0.15, 0.2) is 30.3 Å². The van der Waals surface area contributed by atoms with Crippen molar-refractivity contribution in [1.29, 1.82) is 0 Å². The average Bonchev–Trinajstić information content (AvgIpc) is 2.64. The van der Waals surface area contributed by atoms with Gasteiger partial charge in [-0.1, -0.05) is 30.3 Å². The highest BCUT2D eigenvalue weighted by atomic mass is 32.2. The summed E-state index contributed by atoms with van der Waals surface area (Å²) < 4.78 is 24.9. The molecule has 0 unspecified atom stereocenters. The van der Waals surface area contributed by atoms with Crippen LogP contribution in [0.3, 0.4) is 0 Å². The van der Waals surface area contributed by atoms with E-state index >= 15 is 0 Å². The molecule has 1 saturated heterocycles. The highest BCUT2D eigenvalue weighted by Crippen LogP contribution is 2.13. The molecule has 0 amide bonds. The van der Waals surface area contributed by atoms with E-state index in [9.17, 15) is 8.42 Å². The zero-order valence-corrected chi connectivity index (χ0v) is 10.8. The van der Waals surface area contributed by atoms with E-state index < -0.39 is 10.0 Å². The smallest absolute Gasteiger partial charge is 0.208 e. The van der Waals surface area contributed by atoms with Gasteiger partial charge in [-0.2, -0.15) is 0 Å². The highest BCUT2D eigenvalue weighted by molar-refractivity contribution is 7.88. The molecule has 0 bridgehead atoms. The lowest BCUT2D eigenvalue weighted by Crippen LogP contribution is -2.36. The molecule has 1 aromatic rings. The third-order valence-corrected chi connectivity index (χ3v) is 3.66. The van der Waals surface area contributed by atoms with E-state index in [0.29, 0.717) is 0 Å². The Morgan fingerprint density at radius 3 is 2.71 bits per heavy atom. The van der Waals surface area contributed by atoms with Gasteiger partial charge in [0.05, 0.1) is 6.26 Å². The first-order valence-electron chi connectivity index (χ1n) is 5.76. The van der Waals surface area contributed by atoms with Crippen molar-refractivity contribution in [2.24, 2.45) is 0 Å². The molecule has 94 valence electrons. The molecule has 0 aliphatic carbocycles. The number of nitrogens with zero attached hydrogens (tertiary/aromatic N) is 1. The van der Waals surface area contributed by atoms with E-state index in [1.54, 1.807) is 0 Å². The number of likely N-dealkylation sites (tertiary alicyclic amines) is 1. The normalized spacial score (nSPS) is 21.8. The van der Waals surface area contributed by atoms with E-state index in [1.165, 1.54) is 11.8 Å². The molecule has 5 heteroatoms. The van der Waals surface area contributed by atoms with Crippen molar-refractivity contribution in [2.45, 2.75) is 19.0 Å². The lowest BCUT2D eigenvalue weighted by Gasteiger charge is -2.16. The highest BCUT2D eigenvalue weighted by Gasteiger charge is 2.24. The first-order chi connectivity index (χ1) is 8.03. The molecule has 1 aliphatic heterocycles. The standard InChI is InChI=1S/C12H18N2O2S/c1-17(15,16)13-12-7-8-14(10-12)9-11-5-3-2-4-6-11/h2-6,12-13H,7-10H2,1H3/t12-/m1/s1. The summed E-state index contributed by atoms with van der Waals surface area (Å²) in [6.07, 6.45) is 2.10.